The van der Waals surface area contributed by atoms with Crippen LogP contribution in [0.4, 0.5) is 4.39 Å². The van der Waals surface area contributed by atoms with Crippen molar-refractivity contribution in [1.82, 2.24) is 0 Å². The number of rotatable bonds is 3. The Labute approximate surface area is 87.2 Å². The summed E-state index contributed by atoms with van der Waals surface area (Å²) in [4.78, 5) is 0. The molecule has 14 heavy (non-hydrogen) atoms. The third kappa shape index (κ3) is 3.91. The van der Waals surface area contributed by atoms with Gasteiger partial charge in [0.2, 0.25) is 0 Å². The topological polar surface area (TPSA) is 0 Å². The minimum atomic E-state index is -0.0611. The Morgan fingerprint density at radius 3 is 2.29 bits per heavy atom. The minimum Gasteiger partial charge on any atom is -0.207 e. The highest BCUT2D eigenvalue weighted by Crippen LogP contribution is 2.12. The molecular weight excluding hydrogens is 175 g/mol. The van der Waals surface area contributed by atoms with Crippen LogP contribution in [0.3, 0.4) is 0 Å². The summed E-state index contributed by atoms with van der Waals surface area (Å²) in [5.74, 6) is -0.0611. The van der Waals surface area contributed by atoms with Crippen molar-refractivity contribution in [1.29, 1.82) is 0 Å². The van der Waals surface area contributed by atoms with Gasteiger partial charge in [-0.25, -0.2) is 4.39 Å². The van der Waals surface area contributed by atoms with Crippen LogP contribution in [0.25, 0.3) is 0 Å². The Hall–Kier alpha value is -0.850. The second-order valence-electron chi connectivity index (χ2n) is 3.03. The number of hydrogen-bond donors (Lipinski definition) is 0. The largest absolute Gasteiger partial charge is 0.207 e. The third-order valence-corrected chi connectivity index (χ3v) is 2.04. The number of hydrogen-bond acceptors (Lipinski definition) is 0. The molecule has 1 rings (SSSR count). The summed E-state index contributed by atoms with van der Waals surface area (Å²) in [6.45, 7) is 8.15. The van der Waals surface area contributed by atoms with Crippen LogP contribution in [0.2, 0.25) is 0 Å². The fourth-order valence-corrected chi connectivity index (χ4v) is 1.31. The molecule has 0 spiro atoms. The summed E-state index contributed by atoms with van der Waals surface area (Å²) >= 11 is 0. The van der Waals surface area contributed by atoms with Gasteiger partial charge < -0.3 is 0 Å². The molecule has 0 unspecified atom stereocenters. The van der Waals surface area contributed by atoms with Gasteiger partial charge in [0.15, 0.2) is 0 Å². The molecule has 0 radical (unpaired) electrons. The molecule has 0 atom stereocenters. The predicted molar refractivity (Wildman–Crippen MR) is 61.1 cm³/mol. The lowest BCUT2D eigenvalue weighted by molar-refractivity contribution is 0.606. The molecule has 0 amide bonds. The molecule has 0 saturated carbocycles. The van der Waals surface area contributed by atoms with E-state index in [0.29, 0.717) is 0 Å². The molecule has 0 aliphatic heterocycles. The van der Waals surface area contributed by atoms with E-state index in [2.05, 4.69) is 13.8 Å². The molecule has 0 saturated heterocycles. The maximum absolute atomic E-state index is 13.1. The van der Waals surface area contributed by atoms with Crippen LogP contribution in [0.1, 0.15) is 45.2 Å². The molecule has 0 aliphatic carbocycles. The Kier molecular flexibility index (Phi) is 7.09. The first-order chi connectivity index (χ1) is 6.77. The molecule has 1 aromatic carbocycles. The van der Waals surface area contributed by atoms with Gasteiger partial charge in [-0.1, -0.05) is 46.2 Å². The van der Waals surface area contributed by atoms with Crippen LogP contribution in [0.5, 0.6) is 0 Å². The maximum Gasteiger partial charge on any atom is 0.126 e. The summed E-state index contributed by atoms with van der Waals surface area (Å²) in [5.41, 5.74) is 2.08. The van der Waals surface area contributed by atoms with E-state index in [0.717, 1.165) is 24.8 Å². The van der Waals surface area contributed by atoms with Crippen LogP contribution in [0, 0.1) is 5.82 Å². The lowest BCUT2D eigenvalue weighted by Crippen LogP contribution is -1.91. The van der Waals surface area contributed by atoms with E-state index < -0.39 is 0 Å². The van der Waals surface area contributed by atoms with Gasteiger partial charge in [0.25, 0.3) is 0 Å². The summed E-state index contributed by atoms with van der Waals surface area (Å²) in [7, 11) is 0. The Bertz CT molecular complexity index is 253. The summed E-state index contributed by atoms with van der Waals surface area (Å²) < 4.78 is 13.1. The van der Waals surface area contributed by atoms with Gasteiger partial charge in [0.05, 0.1) is 0 Å². The van der Waals surface area contributed by atoms with Gasteiger partial charge in [0, 0.05) is 0 Å². The van der Waals surface area contributed by atoms with Gasteiger partial charge in [-0.15, -0.1) is 0 Å². The van der Waals surface area contributed by atoms with Gasteiger partial charge in [-0.2, -0.15) is 0 Å². The monoisotopic (exact) mass is 196 g/mol. The minimum absolute atomic E-state index is 0.0611. The van der Waals surface area contributed by atoms with Crippen LogP contribution in [-0.4, -0.2) is 0 Å². The van der Waals surface area contributed by atoms with Crippen LogP contribution in [0.15, 0.2) is 18.2 Å². The van der Waals surface area contributed by atoms with Crippen molar-refractivity contribution in [3.05, 3.63) is 35.1 Å². The van der Waals surface area contributed by atoms with E-state index in [4.69, 9.17) is 0 Å². The molecule has 0 aliphatic rings. The van der Waals surface area contributed by atoms with Gasteiger partial charge in [-0.05, 0) is 30.0 Å². The van der Waals surface area contributed by atoms with E-state index in [-0.39, 0.29) is 5.82 Å². The molecule has 0 fully saturated rings. The average Bonchev–Trinajstić information content (AvgIpc) is 2.24. The molecule has 0 nitrogen and oxygen atoms in total. The smallest absolute Gasteiger partial charge is 0.126 e. The van der Waals surface area contributed by atoms with E-state index in [9.17, 15) is 4.39 Å². The molecule has 0 heterocycles. The van der Waals surface area contributed by atoms with Crippen LogP contribution >= 0.6 is 0 Å². The zero-order valence-corrected chi connectivity index (χ0v) is 9.73. The Morgan fingerprint density at radius 1 is 1.14 bits per heavy atom. The molecule has 0 aromatic heterocycles. The molecule has 80 valence electrons. The number of halogens is 1. The summed E-state index contributed by atoms with van der Waals surface area (Å²) in [6.07, 6.45) is 2.83. The second kappa shape index (κ2) is 7.54. The van der Waals surface area contributed by atoms with Crippen molar-refractivity contribution in [3.8, 4) is 0 Å². The average molecular weight is 196 g/mol. The lowest BCUT2D eigenvalue weighted by atomic mass is 10.0. The van der Waals surface area contributed by atoms with Crippen LogP contribution < -0.4 is 0 Å². The number of aryl methyl sites for hydroxylation is 2. The fourth-order valence-electron chi connectivity index (χ4n) is 1.31. The zero-order valence-electron chi connectivity index (χ0n) is 9.73. The van der Waals surface area contributed by atoms with Crippen molar-refractivity contribution in [2.45, 2.75) is 47.0 Å². The van der Waals surface area contributed by atoms with Gasteiger partial charge in [-0.3, -0.25) is 0 Å². The first kappa shape index (κ1) is 13.2. The van der Waals surface area contributed by atoms with E-state index in [1.54, 1.807) is 6.07 Å². The normalized spacial score (nSPS) is 9.21. The van der Waals surface area contributed by atoms with Crippen LogP contribution in [-0.2, 0) is 12.8 Å². The first-order valence-corrected chi connectivity index (χ1v) is 5.55. The Balaban J connectivity index is 0.000000791. The SMILES string of the molecule is CC.CCCc1cc(CC)ccc1F. The van der Waals surface area contributed by atoms with E-state index in [1.807, 2.05) is 26.0 Å². The maximum atomic E-state index is 13.1. The fraction of sp³-hybridized carbons (Fsp3) is 0.538. The zero-order chi connectivity index (χ0) is 11.0. The van der Waals surface area contributed by atoms with Crippen molar-refractivity contribution in [3.63, 3.8) is 0 Å². The molecule has 1 heteroatoms. The van der Waals surface area contributed by atoms with Crippen molar-refractivity contribution in [2.75, 3.05) is 0 Å². The predicted octanol–water partition coefficient (Wildman–Crippen LogP) is 4.37. The van der Waals surface area contributed by atoms with Crippen molar-refractivity contribution in [2.24, 2.45) is 0 Å². The van der Waals surface area contributed by atoms with Gasteiger partial charge >= 0.3 is 0 Å². The van der Waals surface area contributed by atoms with E-state index >= 15 is 0 Å². The molecular formula is C13H21F. The second-order valence-corrected chi connectivity index (χ2v) is 3.03. The first-order valence-electron chi connectivity index (χ1n) is 5.55. The standard InChI is InChI=1S/C11H15F.C2H6/c1-3-5-10-8-9(4-2)6-7-11(10)12;1-2/h6-8H,3-5H2,1-2H3;1-2H3. The summed E-state index contributed by atoms with van der Waals surface area (Å²) in [6, 6.07) is 5.40. The highest BCUT2D eigenvalue weighted by Gasteiger charge is 2.00. The van der Waals surface area contributed by atoms with Crippen molar-refractivity contribution < 1.29 is 4.39 Å². The number of benzene rings is 1. The third-order valence-electron chi connectivity index (χ3n) is 2.04. The molecule has 1 aromatic rings. The highest BCUT2D eigenvalue weighted by molar-refractivity contribution is 5.25. The highest BCUT2D eigenvalue weighted by atomic mass is 19.1. The Morgan fingerprint density at radius 2 is 1.79 bits per heavy atom. The summed E-state index contributed by atoms with van der Waals surface area (Å²) in [5, 5.41) is 0. The van der Waals surface area contributed by atoms with E-state index in [1.165, 1.54) is 5.56 Å². The molecule has 0 bridgehead atoms. The van der Waals surface area contributed by atoms with Crippen molar-refractivity contribution >= 4 is 0 Å². The lowest BCUT2D eigenvalue weighted by Gasteiger charge is -2.03. The van der Waals surface area contributed by atoms with Gasteiger partial charge in [0.1, 0.15) is 5.82 Å². The molecule has 0 N–H and O–H groups in total. The quantitative estimate of drug-likeness (QED) is 0.673.